The highest BCUT2D eigenvalue weighted by Crippen LogP contribution is 2.31. The predicted octanol–water partition coefficient (Wildman–Crippen LogP) is 6.10. The van der Waals surface area contributed by atoms with E-state index in [1.807, 2.05) is 6.92 Å². The van der Waals surface area contributed by atoms with Gasteiger partial charge >= 0.3 is 5.97 Å². The number of carbonyl (C=O) groups excluding carboxylic acids is 1. The van der Waals surface area contributed by atoms with E-state index >= 15 is 0 Å². The summed E-state index contributed by atoms with van der Waals surface area (Å²) in [4.78, 5) is 11.9. The number of ether oxygens (including phenoxy) is 1. The van der Waals surface area contributed by atoms with E-state index in [2.05, 4.69) is 26.0 Å². The van der Waals surface area contributed by atoms with Crippen molar-refractivity contribution >= 4 is 5.97 Å². The molecule has 26 heavy (non-hydrogen) atoms. The Hall–Kier alpha value is -2.30. The Balaban J connectivity index is 1.97. The number of benzene rings is 1. The summed E-state index contributed by atoms with van der Waals surface area (Å²) in [7, 11) is 0. The van der Waals surface area contributed by atoms with Gasteiger partial charge in [0.15, 0.2) is 17.5 Å². The molecule has 1 aromatic rings. The molecule has 2 nitrogen and oxygen atoms in total. The third-order valence-electron chi connectivity index (χ3n) is 4.18. The number of hydrogen-bond acceptors (Lipinski definition) is 2. The van der Waals surface area contributed by atoms with Crippen molar-refractivity contribution in [3.63, 3.8) is 0 Å². The van der Waals surface area contributed by atoms with E-state index in [0.717, 1.165) is 25.0 Å². The van der Waals surface area contributed by atoms with E-state index in [1.54, 1.807) is 6.08 Å². The van der Waals surface area contributed by atoms with E-state index in [-0.39, 0.29) is 5.56 Å². The average molecular weight is 364 g/mol. The zero-order chi connectivity index (χ0) is 19.3. The lowest BCUT2D eigenvalue weighted by Gasteiger charge is -2.09. The molecule has 2 rings (SSSR count). The SMILES string of the molecule is CC(C)=CCC/C(C)=C/CCC1=C[C@H](c2cc(F)c(F)c(F)c2)OC1=O. The molecule has 0 saturated heterocycles. The molecule has 1 atom stereocenters. The second-order valence-corrected chi connectivity index (χ2v) is 6.73. The molecule has 0 saturated carbocycles. The molecule has 0 fully saturated rings. The van der Waals surface area contributed by atoms with Crippen LogP contribution in [0.1, 0.15) is 58.1 Å². The van der Waals surface area contributed by atoms with E-state index < -0.39 is 29.5 Å². The van der Waals surface area contributed by atoms with Gasteiger partial charge in [-0.3, -0.25) is 0 Å². The largest absolute Gasteiger partial charge is 0.450 e. The second-order valence-electron chi connectivity index (χ2n) is 6.73. The molecular weight excluding hydrogens is 341 g/mol. The predicted molar refractivity (Wildman–Crippen MR) is 94.9 cm³/mol. The van der Waals surface area contributed by atoms with Gasteiger partial charge in [-0.05, 0) is 64.7 Å². The van der Waals surface area contributed by atoms with Gasteiger partial charge in [-0.2, -0.15) is 0 Å². The average Bonchev–Trinajstić information content (AvgIpc) is 2.93. The van der Waals surface area contributed by atoms with Crippen LogP contribution in [0.4, 0.5) is 13.2 Å². The zero-order valence-corrected chi connectivity index (χ0v) is 15.2. The summed E-state index contributed by atoms with van der Waals surface area (Å²) in [6, 6.07) is 1.70. The fourth-order valence-electron chi connectivity index (χ4n) is 2.73. The van der Waals surface area contributed by atoms with Gasteiger partial charge in [0, 0.05) is 11.1 Å². The highest BCUT2D eigenvalue weighted by Gasteiger charge is 2.27. The molecule has 0 aliphatic carbocycles. The van der Waals surface area contributed by atoms with Crippen LogP contribution in [-0.4, -0.2) is 5.97 Å². The first kappa shape index (κ1) is 20.0. The quantitative estimate of drug-likeness (QED) is 0.332. The first-order valence-electron chi connectivity index (χ1n) is 8.63. The van der Waals surface area contributed by atoms with Gasteiger partial charge in [0.05, 0.1) is 0 Å². The molecule has 0 spiro atoms. The van der Waals surface area contributed by atoms with Crippen LogP contribution in [0.25, 0.3) is 0 Å². The van der Waals surface area contributed by atoms with Gasteiger partial charge in [0.2, 0.25) is 0 Å². The number of halogens is 3. The van der Waals surface area contributed by atoms with E-state index in [0.29, 0.717) is 18.4 Å². The van der Waals surface area contributed by atoms with Gasteiger partial charge in [0.1, 0.15) is 6.10 Å². The van der Waals surface area contributed by atoms with Crippen molar-refractivity contribution in [3.8, 4) is 0 Å². The Morgan fingerprint density at radius 2 is 1.73 bits per heavy atom. The lowest BCUT2D eigenvalue weighted by molar-refractivity contribution is -0.140. The van der Waals surface area contributed by atoms with Crippen LogP contribution < -0.4 is 0 Å². The van der Waals surface area contributed by atoms with E-state index in [1.165, 1.54) is 11.1 Å². The second kappa shape index (κ2) is 8.88. The standard InChI is InChI=1S/C21H23F3O2/c1-13(2)6-4-7-14(3)8-5-9-15-12-19(26-21(15)25)16-10-17(22)20(24)18(23)11-16/h6,8,10-12,19H,4-5,7,9H2,1-3H3/b14-8+/t19-/m1/s1. The minimum atomic E-state index is -1.53. The third-order valence-corrected chi connectivity index (χ3v) is 4.18. The maximum Gasteiger partial charge on any atom is 0.334 e. The van der Waals surface area contributed by atoms with Crippen molar-refractivity contribution in [2.75, 3.05) is 0 Å². The fourth-order valence-corrected chi connectivity index (χ4v) is 2.73. The maximum atomic E-state index is 13.3. The summed E-state index contributed by atoms with van der Waals surface area (Å²) in [5.41, 5.74) is 3.08. The van der Waals surface area contributed by atoms with Crippen LogP contribution in [0.15, 0.2) is 47.1 Å². The summed E-state index contributed by atoms with van der Waals surface area (Å²) in [5, 5.41) is 0. The van der Waals surface area contributed by atoms with Gasteiger partial charge in [-0.25, -0.2) is 18.0 Å². The molecule has 0 N–H and O–H groups in total. The Kier molecular flexibility index (Phi) is 6.83. The van der Waals surface area contributed by atoms with Crippen LogP contribution in [0.5, 0.6) is 0 Å². The number of carbonyl (C=O) groups is 1. The molecule has 0 unspecified atom stereocenters. The van der Waals surface area contributed by atoms with Crippen LogP contribution in [0.3, 0.4) is 0 Å². The van der Waals surface area contributed by atoms with Crippen molar-refractivity contribution in [2.24, 2.45) is 0 Å². The Bertz CT molecular complexity index is 748. The molecule has 0 amide bonds. The summed E-state index contributed by atoms with van der Waals surface area (Å²) in [5.74, 6) is -4.63. The van der Waals surface area contributed by atoms with Crippen LogP contribution in [0.2, 0.25) is 0 Å². The zero-order valence-electron chi connectivity index (χ0n) is 15.2. The number of rotatable bonds is 7. The fraction of sp³-hybridized carbons (Fsp3) is 0.381. The van der Waals surface area contributed by atoms with Gasteiger partial charge in [-0.1, -0.05) is 23.3 Å². The van der Waals surface area contributed by atoms with Crippen molar-refractivity contribution in [1.82, 2.24) is 0 Å². The summed E-state index contributed by atoms with van der Waals surface area (Å²) < 4.78 is 44.9. The first-order chi connectivity index (χ1) is 12.3. The monoisotopic (exact) mass is 364 g/mol. The number of cyclic esters (lactones) is 1. The summed E-state index contributed by atoms with van der Waals surface area (Å²) in [6.07, 6.45) is 8.04. The van der Waals surface area contributed by atoms with Crippen molar-refractivity contribution in [3.05, 3.63) is 70.1 Å². The Morgan fingerprint density at radius 3 is 2.35 bits per heavy atom. The topological polar surface area (TPSA) is 26.3 Å². The van der Waals surface area contributed by atoms with E-state index in [4.69, 9.17) is 4.74 Å². The minimum absolute atomic E-state index is 0.0817. The number of allylic oxidation sites excluding steroid dienone is 4. The lowest BCUT2D eigenvalue weighted by Crippen LogP contribution is -2.04. The smallest absolute Gasteiger partial charge is 0.334 e. The maximum absolute atomic E-state index is 13.3. The summed E-state index contributed by atoms with van der Waals surface area (Å²) >= 11 is 0. The van der Waals surface area contributed by atoms with Crippen molar-refractivity contribution in [1.29, 1.82) is 0 Å². The Labute approximate surface area is 152 Å². The van der Waals surface area contributed by atoms with Crippen molar-refractivity contribution in [2.45, 2.75) is 52.6 Å². The summed E-state index contributed by atoms with van der Waals surface area (Å²) in [6.45, 7) is 6.17. The molecule has 1 aromatic carbocycles. The van der Waals surface area contributed by atoms with Gasteiger partial charge < -0.3 is 4.74 Å². The highest BCUT2D eigenvalue weighted by atomic mass is 19.2. The molecule has 0 radical (unpaired) electrons. The van der Waals surface area contributed by atoms with Gasteiger partial charge in [-0.15, -0.1) is 0 Å². The molecule has 140 valence electrons. The van der Waals surface area contributed by atoms with Crippen molar-refractivity contribution < 1.29 is 22.7 Å². The van der Waals surface area contributed by atoms with E-state index in [9.17, 15) is 18.0 Å². The first-order valence-corrected chi connectivity index (χ1v) is 8.63. The molecule has 0 aromatic heterocycles. The van der Waals surface area contributed by atoms with Crippen LogP contribution in [-0.2, 0) is 9.53 Å². The number of hydrogen-bond donors (Lipinski definition) is 0. The number of esters is 1. The Morgan fingerprint density at radius 1 is 1.08 bits per heavy atom. The van der Waals surface area contributed by atoms with Crippen LogP contribution in [0, 0.1) is 17.5 Å². The molecule has 0 bridgehead atoms. The molecular formula is C21H23F3O2. The highest BCUT2D eigenvalue weighted by molar-refractivity contribution is 5.91. The lowest BCUT2D eigenvalue weighted by atomic mass is 10.0. The normalized spacial score (nSPS) is 17.2. The minimum Gasteiger partial charge on any atom is -0.450 e. The van der Waals surface area contributed by atoms with Gasteiger partial charge in [0.25, 0.3) is 0 Å². The molecule has 1 aliphatic rings. The molecule has 5 heteroatoms. The molecule has 1 heterocycles. The third kappa shape index (κ3) is 5.35. The molecule has 1 aliphatic heterocycles. The van der Waals surface area contributed by atoms with Crippen LogP contribution >= 0.6 is 0 Å².